The van der Waals surface area contributed by atoms with Crippen LogP contribution in [0, 0.1) is 13.8 Å². The van der Waals surface area contributed by atoms with Crippen molar-refractivity contribution in [1.29, 1.82) is 0 Å². The third-order valence-corrected chi connectivity index (χ3v) is 3.82. The highest BCUT2D eigenvalue weighted by Crippen LogP contribution is 2.31. The van der Waals surface area contributed by atoms with Crippen molar-refractivity contribution in [2.45, 2.75) is 19.9 Å². The summed E-state index contributed by atoms with van der Waals surface area (Å²) in [5, 5.41) is 4.24. The predicted octanol–water partition coefficient (Wildman–Crippen LogP) is 2.35. The topological polar surface area (TPSA) is 55.9 Å². The van der Waals surface area contributed by atoms with Crippen molar-refractivity contribution in [2.75, 3.05) is 0 Å². The van der Waals surface area contributed by atoms with Gasteiger partial charge in [-0.05, 0) is 46.5 Å². The molecule has 0 fully saturated rings. The van der Waals surface area contributed by atoms with Gasteiger partial charge in [0, 0.05) is 7.05 Å². The van der Waals surface area contributed by atoms with E-state index >= 15 is 0 Å². The van der Waals surface area contributed by atoms with E-state index in [-0.39, 0.29) is 6.04 Å². The lowest BCUT2D eigenvalue weighted by atomic mass is 9.94. The summed E-state index contributed by atoms with van der Waals surface area (Å²) in [7, 11) is 1.91. The zero-order chi connectivity index (χ0) is 13.3. The van der Waals surface area contributed by atoms with Crippen LogP contribution in [0.3, 0.4) is 0 Å². The quantitative estimate of drug-likeness (QED) is 0.676. The van der Waals surface area contributed by atoms with Crippen molar-refractivity contribution >= 4 is 15.9 Å². The molecule has 0 aliphatic rings. The number of hydrogen-bond acceptors (Lipinski definition) is 3. The second-order valence-electron chi connectivity index (χ2n) is 4.41. The van der Waals surface area contributed by atoms with Gasteiger partial charge in [0.2, 0.25) is 0 Å². The number of hydrazine groups is 1. The van der Waals surface area contributed by atoms with Crippen LogP contribution in [0.15, 0.2) is 28.9 Å². The fourth-order valence-corrected chi connectivity index (χ4v) is 2.90. The minimum Gasteiger partial charge on any atom is -0.271 e. The van der Waals surface area contributed by atoms with Crippen LogP contribution in [-0.4, -0.2) is 9.78 Å². The Balaban J connectivity index is 2.59. The number of rotatable bonds is 3. The van der Waals surface area contributed by atoms with E-state index in [1.807, 2.05) is 11.7 Å². The Kier molecular flexibility index (Phi) is 3.85. The summed E-state index contributed by atoms with van der Waals surface area (Å²) in [4.78, 5) is 0. The maximum absolute atomic E-state index is 5.76. The van der Waals surface area contributed by atoms with E-state index in [1.165, 1.54) is 16.7 Å². The molecule has 1 unspecified atom stereocenters. The molecular weight excluding hydrogens is 292 g/mol. The van der Waals surface area contributed by atoms with Crippen LogP contribution in [0.25, 0.3) is 0 Å². The van der Waals surface area contributed by atoms with Gasteiger partial charge in [0.1, 0.15) is 0 Å². The maximum atomic E-state index is 5.76. The van der Waals surface area contributed by atoms with Gasteiger partial charge in [0.05, 0.1) is 22.4 Å². The highest BCUT2D eigenvalue weighted by molar-refractivity contribution is 9.10. The molecule has 0 saturated heterocycles. The number of nitrogens with zero attached hydrogens (tertiary/aromatic N) is 2. The van der Waals surface area contributed by atoms with Gasteiger partial charge in [-0.1, -0.05) is 18.2 Å². The molecule has 3 N–H and O–H groups in total. The smallest absolute Gasteiger partial charge is 0.0894 e. The normalized spacial score (nSPS) is 12.7. The SMILES string of the molecule is Cc1cccc(C)c1C(NN)c1c(Br)cnn1C. The number of benzene rings is 1. The summed E-state index contributed by atoms with van der Waals surface area (Å²) < 4.78 is 2.79. The van der Waals surface area contributed by atoms with Crippen molar-refractivity contribution in [3.63, 3.8) is 0 Å². The van der Waals surface area contributed by atoms with Crippen molar-refractivity contribution in [3.05, 3.63) is 51.3 Å². The van der Waals surface area contributed by atoms with Gasteiger partial charge in [-0.2, -0.15) is 5.10 Å². The van der Waals surface area contributed by atoms with Crippen LogP contribution < -0.4 is 11.3 Å². The second kappa shape index (κ2) is 5.22. The molecule has 96 valence electrons. The lowest BCUT2D eigenvalue weighted by Gasteiger charge is -2.21. The summed E-state index contributed by atoms with van der Waals surface area (Å²) in [6, 6.07) is 6.17. The van der Waals surface area contributed by atoms with Gasteiger partial charge in [-0.3, -0.25) is 10.5 Å². The first kappa shape index (κ1) is 13.3. The molecule has 5 heteroatoms. The van der Waals surface area contributed by atoms with Crippen LogP contribution in [0.2, 0.25) is 0 Å². The van der Waals surface area contributed by atoms with Crippen LogP contribution in [0.5, 0.6) is 0 Å². The minimum atomic E-state index is -0.0759. The van der Waals surface area contributed by atoms with Gasteiger partial charge >= 0.3 is 0 Å². The molecule has 4 nitrogen and oxygen atoms in total. The van der Waals surface area contributed by atoms with Crippen LogP contribution in [0.1, 0.15) is 28.4 Å². The zero-order valence-corrected chi connectivity index (χ0v) is 12.3. The van der Waals surface area contributed by atoms with Gasteiger partial charge in [0.25, 0.3) is 0 Å². The molecule has 0 amide bonds. The van der Waals surface area contributed by atoms with Crippen LogP contribution >= 0.6 is 15.9 Å². The summed E-state index contributed by atoms with van der Waals surface area (Å²) in [6.45, 7) is 4.19. The number of aryl methyl sites for hydroxylation is 3. The Morgan fingerprint density at radius 1 is 1.33 bits per heavy atom. The summed E-state index contributed by atoms with van der Waals surface area (Å²) >= 11 is 3.53. The molecule has 0 aliphatic heterocycles. The van der Waals surface area contributed by atoms with E-state index in [2.05, 4.69) is 58.5 Å². The Morgan fingerprint density at radius 3 is 2.39 bits per heavy atom. The van der Waals surface area contributed by atoms with Gasteiger partial charge < -0.3 is 0 Å². The first-order valence-electron chi connectivity index (χ1n) is 5.76. The third kappa shape index (κ3) is 2.21. The molecule has 2 rings (SSSR count). The van der Waals surface area contributed by atoms with E-state index in [0.29, 0.717) is 0 Å². The average molecular weight is 309 g/mol. The summed E-state index contributed by atoms with van der Waals surface area (Å²) in [5.74, 6) is 5.76. The number of nitrogens with two attached hydrogens (primary N) is 1. The molecule has 2 aromatic rings. The van der Waals surface area contributed by atoms with Gasteiger partial charge in [-0.25, -0.2) is 5.43 Å². The highest BCUT2D eigenvalue weighted by atomic mass is 79.9. The van der Waals surface area contributed by atoms with E-state index in [9.17, 15) is 0 Å². The Labute approximate surface area is 115 Å². The van der Waals surface area contributed by atoms with E-state index in [1.54, 1.807) is 6.20 Å². The fraction of sp³-hybridized carbons (Fsp3) is 0.308. The molecular formula is C13H17BrN4. The van der Waals surface area contributed by atoms with Crippen molar-refractivity contribution in [3.8, 4) is 0 Å². The lowest BCUT2D eigenvalue weighted by molar-refractivity contribution is 0.569. The van der Waals surface area contributed by atoms with E-state index in [4.69, 9.17) is 5.84 Å². The Hall–Kier alpha value is -1.17. The first-order chi connectivity index (χ1) is 8.56. The molecule has 1 atom stereocenters. The van der Waals surface area contributed by atoms with Crippen molar-refractivity contribution in [2.24, 2.45) is 12.9 Å². The lowest BCUT2D eigenvalue weighted by Crippen LogP contribution is -2.31. The first-order valence-corrected chi connectivity index (χ1v) is 6.55. The summed E-state index contributed by atoms with van der Waals surface area (Å²) in [5.41, 5.74) is 7.54. The van der Waals surface area contributed by atoms with Gasteiger partial charge in [-0.15, -0.1) is 0 Å². The molecule has 0 bridgehead atoms. The fourth-order valence-electron chi connectivity index (χ4n) is 2.33. The van der Waals surface area contributed by atoms with E-state index in [0.717, 1.165) is 10.2 Å². The number of halogens is 1. The maximum Gasteiger partial charge on any atom is 0.0894 e. The van der Waals surface area contributed by atoms with E-state index < -0.39 is 0 Å². The highest BCUT2D eigenvalue weighted by Gasteiger charge is 2.22. The monoisotopic (exact) mass is 308 g/mol. The van der Waals surface area contributed by atoms with Crippen LogP contribution in [0.4, 0.5) is 0 Å². The Morgan fingerprint density at radius 2 is 1.94 bits per heavy atom. The molecule has 1 aromatic carbocycles. The molecule has 0 radical (unpaired) electrons. The number of nitrogens with one attached hydrogen (secondary N) is 1. The van der Waals surface area contributed by atoms with Gasteiger partial charge in [0.15, 0.2) is 0 Å². The predicted molar refractivity (Wildman–Crippen MR) is 76.0 cm³/mol. The standard InChI is InChI=1S/C13H17BrN4/c1-8-5-4-6-9(2)11(8)12(17-15)13-10(14)7-16-18(13)3/h4-7,12,17H,15H2,1-3H3. The minimum absolute atomic E-state index is 0.0759. The molecule has 1 heterocycles. The molecule has 0 spiro atoms. The van der Waals surface area contributed by atoms with Crippen molar-refractivity contribution < 1.29 is 0 Å². The Bertz CT molecular complexity index is 522. The number of aromatic nitrogens is 2. The molecule has 0 saturated carbocycles. The van der Waals surface area contributed by atoms with Crippen LogP contribution in [-0.2, 0) is 7.05 Å². The third-order valence-electron chi connectivity index (χ3n) is 3.21. The zero-order valence-electron chi connectivity index (χ0n) is 10.7. The van der Waals surface area contributed by atoms with Crippen molar-refractivity contribution in [1.82, 2.24) is 15.2 Å². The largest absolute Gasteiger partial charge is 0.271 e. The average Bonchev–Trinajstić information content (AvgIpc) is 2.65. The molecule has 1 aromatic heterocycles. The molecule has 18 heavy (non-hydrogen) atoms. The number of hydrogen-bond donors (Lipinski definition) is 2. The molecule has 0 aliphatic carbocycles. The second-order valence-corrected chi connectivity index (χ2v) is 5.26. The summed E-state index contributed by atoms with van der Waals surface area (Å²) in [6.07, 6.45) is 1.78.